The Kier molecular flexibility index (Phi) is 3.77. The SMILES string of the molecule is CC(C)C(=O)N1CCC(c2ccccn2)CC1. The maximum Gasteiger partial charge on any atom is 0.225 e. The van der Waals surface area contributed by atoms with Crippen molar-refractivity contribution in [2.75, 3.05) is 13.1 Å². The zero-order chi connectivity index (χ0) is 12.3. The Morgan fingerprint density at radius 1 is 1.35 bits per heavy atom. The Morgan fingerprint density at radius 2 is 2.06 bits per heavy atom. The van der Waals surface area contributed by atoms with Gasteiger partial charge in [0.25, 0.3) is 0 Å². The lowest BCUT2D eigenvalue weighted by molar-refractivity contribution is -0.135. The van der Waals surface area contributed by atoms with Crippen LogP contribution in [-0.4, -0.2) is 28.9 Å². The predicted molar refractivity (Wildman–Crippen MR) is 67.6 cm³/mol. The fraction of sp³-hybridized carbons (Fsp3) is 0.571. The van der Waals surface area contributed by atoms with Crippen LogP contribution in [0.1, 0.15) is 38.3 Å². The molecule has 2 heterocycles. The van der Waals surface area contributed by atoms with Gasteiger partial charge in [0.2, 0.25) is 5.91 Å². The lowest BCUT2D eigenvalue weighted by Crippen LogP contribution is -2.40. The first-order chi connectivity index (χ1) is 8.18. The van der Waals surface area contributed by atoms with Crippen LogP contribution >= 0.6 is 0 Å². The van der Waals surface area contributed by atoms with Gasteiger partial charge >= 0.3 is 0 Å². The Labute approximate surface area is 103 Å². The minimum atomic E-state index is 0.112. The van der Waals surface area contributed by atoms with Gasteiger partial charge in [-0.3, -0.25) is 9.78 Å². The fourth-order valence-corrected chi connectivity index (χ4v) is 2.38. The average molecular weight is 232 g/mol. The number of carbonyl (C=O) groups excluding carboxylic acids is 1. The van der Waals surface area contributed by atoms with Crippen LogP contribution in [0.4, 0.5) is 0 Å². The molecular weight excluding hydrogens is 212 g/mol. The third-order valence-corrected chi connectivity index (χ3v) is 3.41. The number of hydrogen-bond donors (Lipinski definition) is 0. The maximum atomic E-state index is 11.9. The van der Waals surface area contributed by atoms with E-state index in [9.17, 15) is 4.79 Å². The molecule has 0 spiro atoms. The minimum Gasteiger partial charge on any atom is -0.342 e. The Bertz CT molecular complexity index is 367. The smallest absolute Gasteiger partial charge is 0.225 e. The molecule has 17 heavy (non-hydrogen) atoms. The lowest BCUT2D eigenvalue weighted by atomic mass is 9.92. The second-order valence-electron chi connectivity index (χ2n) is 5.01. The largest absolute Gasteiger partial charge is 0.342 e. The van der Waals surface area contributed by atoms with E-state index in [-0.39, 0.29) is 11.8 Å². The van der Waals surface area contributed by atoms with Crippen molar-refractivity contribution in [3.8, 4) is 0 Å². The van der Waals surface area contributed by atoms with Gasteiger partial charge in [-0.2, -0.15) is 0 Å². The van der Waals surface area contributed by atoms with Crippen LogP contribution in [0.15, 0.2) is 24.4 Å². The molecule has 1 aromatic heterocycles. The van der Waals surface area contributed by atoms with Gasteiger partial charge in [0.05, 0.1) is 0 Å². The zero-order valence-corrected chi connectivity index (χ0v) is 10.6. The van der Waals surface area contributed by atoms with Crippen molar-refractivity contribution in [2.24, 2.45) is 5.92 Å². The van der Waals surface area contributed by atoms with Crippen molar-refractivity contribution in [3.05, 3.63) is 30.1 Å². The van der Waals surface area contributed by atoms with E-state index < -0.39 is 0 Å². The molecule has 92 valence electrons. The van der Waals surface area contributed by atoms with Crippen molar-refractivity contribution in [1.29, 1.82) is 0 Å². The normalized spacial score (nSPS) is 17.5. The number of piperidine rings is 1. The van der Waals surface area contributed by atoms with Crippen molar-refractivity contribution in [3.63, 3.8) is 0 Å². The second-order valence-corrected chi connectivity index (χ2v) is 5.01. The number of rotatable bonds is 2. The molecule has 1 aliphatic rings. The van der Waals surface area contributed by atoms with Crippen LogP contribution in [0, 0.1) is 5.92 Å². The van der Waals surface area contributed by atoms with Gasteiger partial charge in [0, 0.05) is 36.8 Å². The monoisotopic (exact) mass is 232 g/mol. The third-order valence-electron chi connectivity index (χ3n) is 3.41. The maximum absolute atomic E-state index is 11.9. The van der Waals surface area contributed by atoms with Gasteiger partial charge in [-0.15, -0.1) is 0 Å². The summed E-state index contributed by atoms with van der Waals surface area (Å²) in [6.45, 7) is 5.68. The molecule has 0 aliphatic carbocycles. The quantitative estimate of drug-likeness (QED) is 0.784. The molecule has 3 heteroatoms. The number of aromatic nitrogens is 1. The molecule has 0 atom stereocenters. The molecule has 3 nitrogen and oxygen atoms in total. The summed E-state index contributed by atoms with van der Waals surface area (Å²) < 4.78 is 0. The van der Waals surface area contributed by atoms with E-state index in [0.29, 0.717) is 5.92 Å². The molecule has 0 aromatic carbocycles. The first-order valence-electron chi connectivity index (χ1n) is 6.38. The van der Waals surface area contributed by atoms with Crippen LogP contribution in [0.2, 0.25) is 0 Å². The number of nitrogens with zero attached hydrogens (tertiary/aromatic N) is 2. The molecule has 0 radical (unpaired) electrons. The van der Waals surface area contributed by atoms with Gasteiger partial charge in [0.1, 0.15) is 0 Å². The number of hydrogen-bond acceptors (Lipinski definition) is 2. The Balaban J connectivity index is 1.93. The lowest BCUT2D eigenvalue weighted by Gasteiger charge is -2.32. The Morgan fingerprint density at radius 3 is 2.59 bits per heavy atom. The third kappa shape index (κ3) is 2.84. The summed E-state index contributed by atoms with van der Waals surface area (Å²) in [5.74, 6) is 0.915. The highest BCUT2D eigenvalue weighted by molar-refractivity contribution is 5.78. The highest BCUT2D eigenvalue weighted by Crippen LogP contribution is 2.26. The van der Waals surface area contributed by atoms with Crippen LogP contribution in [-0.2, 0) is 4.79 Å². The molecule has 0 unspecified atom stereocenters. The van der Waals surface area contributed by atoms with Crippen LogP contribution in [0.25, 0.3) is 0 Å². The van der Waals surface area contributed by atoms with Crippen LogP contribution in [0.3, 0.4) is 0 Å². The first kappa shape index (κ1) is 12.1. The summed E-state index contributed by atoms with van der Waals surface area (Å²) in [6.07, 6.45) is 3.92. The van der Waals surface area contributed by atoms with Crippen molar-refractivity contribution in [2.45, 2.75) is 32.6 Å². The topological polar surface area (TPSA) is 33.2 Å². The fourth-order valence-electron chi connectivity index (χ4n) is 2.38. The Hall–Kier alpha value is -1.38. The summed E-state index contributed by atoms with van der Waals surface area (Å²) in [6, 6.07) is 6.07. The summed E-state index contributed by atoms with van der Waals surface area (Å²) in [4.78, 5) is 18.2. The highest BCUT2D eigenvalue weighted by Gasteiger charge is 2.25. The average Bonchev–Trinajstić information content (AvgIpc) is 2.39. The van der Waals surface area contributed by atoms with Crippen LogP contribution in [0.5, 0.6) is 0 Å². The van der Waals surface area contributed by atoms with Gasteiger partial charge in [0.15, 0.2) is 0 Å². The zero-order valence-electron chi connectivity index (χ0n) is 10.6. The standard InChI is InChI=1S/C14H20N2O/c1-11(2)14(17)16-9-6-12(7-10-16)13-5-3-4-8-15-13/h3-5,8,11-12H,6-7,9-10H2,1-2H3. The van der Waals surface area contributed by atoms with Gasteiger partial charge in [-0.1, -0.05) is 19.9 Å². The van der Waals surface area contributed by atoms with Gasteiger partial charge in [-0.05, 0) is 25.0 Å². The number of likely N-dealkylation sites (tertiary alicyclic amines) is 1. The predicted octanol–water partition coefficient (Wildman–Crippen LogP) is 2.44. The molecule has 1 aliphatic heterocycles. The van der Waals surface area contributed by atoms with Crippen molar-refractivity contribution < 1.29 is 4.79 Å². The van der Waals surface area contributed by atoms with Crippen molar-refractivity contribution >= 4 is 5.91 Å². The van der Waals surface area contributed by atoms with Crippen LogP contribution < -0.4 is 0 Å². The molecule has 1 fully saturated rings. The highest BCUT2D eigenvalue weighted by atomic mass is 16.2. The van der Waals surface area contributed by atoms with Gasteiger partial charge < -0.3 is 4.90 Å². The van der Waals surface area contributed by atoms with E-state index in [2.05, 4.69) is 11.1 Å². The van der Waals surface area contributed by atoms with E-state index in [1.54, 1.807) is 0 Å². The minimum absolute atomic E-state index is 0.112. The number of amides is 1. The first-order valence-corrected chi connectivity index (χ1v) is 6.38. The molecular formula is C14H20N2O. The van der Waals surface area contributed by atoms with E-state index >= 15 is 0 Å². The molecule has 1 saturated heterocycles. The number of pyridine rings is 1. The molecule has 1 aromatic rings. The molecule has 2 rings (SSSR count). The van der Waals surface area contributed by atoms with E-state index in [4.69, 9.17) is 0 Å². The summed E-state index contributed by atoms with van der Waals surface area (Å²) in [5.41, 5.74) is 1.17. The summed E-state index contributed by atoms with van der Waals surface area (Å²) in [7, 11) is 0. The summed E-state index contributed by atoms with van der Waals surface area (Å²) in [5, 5.41) is 0. The van der Waals surface area contributed by atoms with E-state index in [0.717, 1.165) is 25.9 Å². The van der Waals surface area contributed by atoms with E-state index in [1.165, 1.54) is 5.69 Å². The molecule has 1 amide bonds. The van der Waals surface area contributed by atoms with Crippen molar-refractivity contribution in [1.82, 2.24) is 9.88 Å². The molecule has 0 bridgehead atoms. The van der Waals surface area contributed by atoms with E-state index in [1.807, 2.05) is 37.1 Å². The second kappa shape index (κ2) is 5.30. The number of carbonyl (C=O) groups is 1. The molecule has 0 saturated carbocycles. The summed E-state index contributed by atoms with van der Waals surface area (Å²) >= 11 is 0. The van der Waals surface area contributed by atoms with Gasteiger partial charge in [-0.25, -0.2) is 0 Å². The molecule has 0 N–H and O–H groups in total.